The molecule has 0 bridgehead atoms. The normalized spacial score (nSPS) is 12.4. The van der Waals surface area contributed by atoms with Gasteiger partial charge in [-0.15, -0.1) is 11.8 Å². The first-order valence-electron chi connectivity index (χ1n) is 5.86. The number of rotatable bonds is 7. The highest BCUT2D eigenvalue weighted by atomic mass is 32.2. The van der Waals surface area contributed by atoms with Gasteiger partial charge in [0.15, 0.2) is 0 Å². The van der Waals surface area contributed by atoms with E-state index in [1.807, 2.05) is 19.1 Å². The maximum absolute atomic E-state index is 11.1. The lowest BCUT2D eigenvalue weighted by atomic mass is 10.2. The fourth-order valence-corrected chi connectivity index (χ4v) is 2.64. The lowest BCUT2D eigenvalue weighted by Crippen LogP contribution is -2.41. The van der Waals surface area contributed by atoms with Crippen molar-refractivity contribution in [2.75, 3.05) is 12.3 Å². The Morgan fingerprint density at radius 1 is 1.47 bits per heavy atom. The minimum atomic E-state index is -0.266. The van der Waals surface area contributed by atoms with E-state index in [-0.39, 0.29) is 11.9 Å². The number of carbonyl (C=O) groups is 1. The molecule has 0 aliphatic heterocycles. The average molecular weight is 252 g/mol. The number of primary amides is 1. The standard InChI is InChI=1S/C13H20N2OS/c1-3-15-11(13(14)16)8-9-17-12-7-5-4-6-10(12)2/h4-7,11,15H,3,8-9H2,1-2H3,(H2,14,16). The van der Waals surface area contributed by atoms with Crippen molar-refractivity contribution in [1.29, 1.82) is 0 Å². The monoisotopic (exact) mass is 252 g/mol. The molecule has 1 unspecified atom stereocenters. The van der Waals surface area contributed by atoms with Crippen LogP contribution in [-0.2, 0) is 4.79 Å². The topological polar surface area (TPSA) is 55.1 Å². The number of likely N-dealkylation sites (N-methyl/N-ethyl adjacent to an activating group) is 1. The van der Waals surface area contributed by atoms with Gasteiger partial charge < -0.3 is 11.1 Å². The van der Waals surface area contributed by atoms with Gasteiger partial charge in [0.1, 0.15) is 0 Å². The molecule has 1 atom stereocenters. The number of hydrogen-bond acceptors (Lipinski definition) is 3. The van der Waals surface area contributed by atoms with Gasteiger partial charge in [0.05, 0.1) is 6.04 Å². The van der Waals surface area contributed by atoms with E-state index in [0.717, 1.165) is 18.7 Å². The molecule has 17 heavy (non-hydrogen) atoms. The molecule has 1 amide bonds. The molecule has 0 spiro atoms. The third kappa shape index (κ3) is 4.79. The fourth-order valence-electron chi connectivity index (χ4n) is 1.60. The van der Waals surface area contributed by atoms with Crippen molar-refractivity contribution in [3.05, 3.63) is 29.8 Å². The van der Waals surface area contributed by atoms with Crippen LogP contribution in [0.5, 0.6) is 0 Å². The Balaban J connectivity index is 2.41. The molecule has 4 heteroatoms. The van der Waals surface area contributed by atoms with Gasteiger partial charge in [0.25, 0.3) is 0 Å². The van der Waals surface area contributed by atoms with Gasteiger partial charge in [-0.05, 0) is 31.5 Å². The van der Waals surface area contributed by atoms with Crippen LogP contribution in [0.1, 0.15) is 18.9 Å². The molecule has 0 fully saturated rings. The summed E-state index contributed by atoms with van der Waals surface area (Å²) in [6.45, 7) is 4.84. The maximum Gasteiger partial charge on any atom is 0.234 e. The van der Waals surface area contributed by atoms with E-state index in [2.05, 4.69) is 24.4 Å². The first kappa shape index (κ1) is 14.1. The van der Waals surface area contributed by atoms with Crippen LogP contribution in [0.2, 0.25) is 0 Å². The zero-order valence-electron chi connectivity index (χ0n) is 10.4. The number of hydrogen-bond donors (Lipinski definition) is 2. The van der Waals surface area contributed by atoms with Crippen molar-refractivity contribution in [2.45, 2.75) is 31.2 Å². The lowest BCUT2D eigenvalue weighted by molar-refractivity contribution is -0.120. The van der Waals surface area contributed by atoms with Crippen molar-refractivity contribution < 1.29 is 4.79 Å². The SMILES string of the molecule is CCNC(CCSc1ccccc1C)C(N)=O. The third-order valence-electron chi connectivity index (χ3n) is 2.55. The Morgan fingerprint density at radius 3 is 2.76 bits per heavy atom. The first-order chi connectivity index (χ1) is 8.15. The average Bonchev–Trinajstić information content (AvgIpc) is 2.30. The van der Waals surface area contributed by atoms with Crippen molar-refractivity contribution >= 4 is 17.7 Å². The fraction of sp³-hybridized carbons (Fsp3) is 0.462. The molecule has 1 aromatic rings. The smallest absolute Gasteiger partial charge is 0.234 e. The Kier molecular flexibility index (Phi) is 6.08. The molecule has 0 aromatic heterocycles. The number of aryl methyl sites for hydroxylation is 1. The predicted octanol–water partition coefficient (Wildman–Crippen LogP) is 1.94. The van der Waals surface area contributed by atoms with E-state index in [4.69, 9.17) is 5.73 Å². The summed E-state index contributed by atoms with van der Waals surface area (Å²) in [6, 6.07) is 8.05. The second kappa shape index (κ2) is 7.35. The van der Waals surface area contributed by atoms with Gasteiger partial charge in [-0.3, -0.25) is 4.79 Å². The molecule has 0 aliphatic carbocycles. The summed E-state index contributed by atoms with van der Waals surface area (Å²) >= 11 is 1.77. The van der Waals surface area contributed by atoms with Crippen LogP contribution in [-0.4, -0.2) is 24.2 Å². The van der Waals surface area contributed by atoms with E-state index in [1.165, 1.54) is 10.5 Å². The van der Waals surface area contributed by atoms with Gasteiger partial charge in [-0.2, -0.15) is 0 Å². The van der Waals surface area contributed by atoms with E-state index in [0.29, 0.717) is 0 Å². The summed E-state index contributed by atoms with van der Waals surface area (Å²) in [5, 5.41) is 3.10. The first-order valence-corrected chi connectivity index (χ1v) is 6.84. The third-order valence-corrected chi connectivity index (χ3v) is 3.76. The molecular formula is C13H20N2OS. The van der Waals surface area contributed by atoms with Crippen molar-refractivity contribution in [3.8, 4) is 0 Å². The van der Waals surface area contributed by atoms with Gasteiger partial charge >= 0.3 is 0 Å². The molecule has 0 saturated carbocycles. The van der Waals surface area contributed by atoms with E-state index >= 15 is 0 Å². The van der Waals surface area contributed by atoms with E-state index < -0.39 is 0 Å². The molecule has 3 N–H and O–H groups in total. The highest BCUT2D eigenvalue weighted by molar-refractivity contribution is 7.99. The van der Waals surface area contributed by atoms with Crippen molar-refractivity contribution in [1.82, 2.24) is 5.32 Å². The van der Waals surface area contributed by atoms with Gasteiger partial charge in [-0.25, -0.2) is 0 Å². The van der Waals surface area contributed by atoms with E-state index in [1.54, 1.807) is 11.8 Å². The highest BCUT2D eigenvalue weighted by Crippen LogP contribution is 2.22. The molecule has 0 aliphatic rings. The van der Waals surface area contributed by atoms with Crippen LogP contribution in [0.15, 0.2) is 29.2 Å². The number of benzene rings is 1. The lowest BCUT2D eigenvalue weighted by Gasteiger charge is -2.13. The zero-order chi connectivity index (χ0) is 12.7. The zero-order valence-corrected chi connectivity index (χ0v) is 11.2. The summed E-state index contributed by atoms with van der Waals surface area (Å²) < 4.78 is 0. The summed E-state index contributed by atoms with van der Waals surface area (Å²) in [5.74, 6) is 0.628. The number of carbonyl (C=O) groups excluding carboxylic acids is 1. The Bertz CT molecular complexity index is 368. The minimum Gasteiger partial charge on any atom is -0.368 e. The van der Waals surface area contributed by atoms with Crippen LogP contribution in [0.3, 0.4) is 0 Å². The van der Waals surface area contributed by atoms with Crippen LogP contribution in [0, 0.1) is 6.92 Å². The largest absolute Gasteiger partial charge is 0.368 e. The van der Waals surface area contributed by atoms with Crippen LogP contribution in [0.25, 0.3) is 0 Å². The predicted molar refractivity (Wildman–Crippen MR) is 73.2 cm³/mol. The van der Waals surface area contributed by atoms with E-state index in [9.17, 15) is 4.79 Å². The number of nitrogens with one attached hydrogen (secondary N) is 1. The van der Waals surface area contributed by atoms with Crippen molar-refractivity contribution in [2.24, 2.45) is 5.73 Å². The van der Waals surface area contributed by atoms with Crippen LogP contribution < -0.4 is 11.1 Å². The maximum atomic E-state index is 11.1. The molecule has 0 saturated heterocycles. The number of amides is 1. The Morgan fingerprint density at radius 2 is 2.18 bits per heavy atom. The molecule has 1 rings (SSSR count). The Labute approximate surface area is 107 Å². The Hall–Kier alpha value is -1.00. The van der Waals surface area contributed by atoms with Gasteiger partial charge in [-0.1, -0.05) is 25.1 Å². The number of nitrogens with two attached hydrogens (primary N) is 1. The molecule has 0 radical (unpaired) electrons. The quantitative estimate of drug-likeness (QED) is 0.729. The molecular weight excluding hydrogens is 232 g/mol. The summed E-state index contributed by atoms with van der Waals surface area (Å²) in [7, 11) is 0. The summed E-state index contributed by atoms with van der Waals surface area (Å²) in [5.41, 5.74) is 6.60. The van der Waals surface area contributed by atoms with Crippen LogP contribution >= 0.6 is 11.8 Å². The second-order valence-electron chi connectivity index (χ2n) is 3.92. The number of thioether (sulfide) groups is 1. The molecule has 1 aromatic carbocycles. The molecule has 3 nitrogen and oxygen atoms in total. The summed E-state index contributed by atoms with van der Waals surface area (Å²) in [6.07, 6.45) is 0.766. The van der Waals surface area contributed by atoms with Gasteiger partial charge in [0, 0.05) is 10.6 Å². The summed E-state index contributed by atoms with van der Waals surface area (Å²) in [4.78, 5) is 12.4. The second-order valence-corrected chi connectivity index (χ2v) is 5.05. The highest BCUT2D eigenvalue weighted by Gasteiger charge is 2.13. The molecule has 94 valence electrons. The molecule has 0 heterocycles. The van der Waals surface area contributed by atoms with Crippen LogP contribution in [0.4, 0.5) is 0 Å². The van der Waals surface area contributed by atoms with Gasteiger partial charge in [0.2, 0.25) is 5.91 Å². The minimum absolute atomic E-state index is 0.212. The van der Waals surface area contributed by atoms with Crippen molar-refractivity contribution in [3.63, 3.8) is 0 Å².